The minimum absolute atomic E-state index is 0.314. The second-order valence-corrected chi connectivity index (χ2v) is 7.73. The molecular weight excluding hydrogens is 368 g/mol. The van der Waals surface area contributed by atoms with Crippen LogP contribution >= 0.6 is 11.8 Å². The lowest BCUT2D eigenvalue weighted by molar-refractivity contribution is 0.0697. The van der Waals surface area contributed by atoms with Gasteiger partial charge in [0.25, 0.3) is 0 Å². The molecule has 0 radical (unpaired) electrons. The molecule has 0 bridgehead atoms. The van der Waals surface area contributed by atoms with Crippen molar-refractivity contribution in [3.05, 3.63) is 77.9 Å². The number of carboxylic acid groups (broad SMARTS) is 1. The van der Waals surface area contributed by atoms with Crippen LogP contribution in [0.2, 0.25) is 0 Å². The highest BCUT2D eigenvalue weighted by Crippen LogP contribution is 2.32. The van der Waals surface area contributed by atoms with Gasteiger partial charge in [0.05, 0.1) is 16.6 Å². The Balaban J connectivity index is 1.87. The monoisotopic (exact) mass is 388 g/mol. The van der Waals surface area contributed by atoms with Crippen LogP contribution < -0.4 is 0 Å². The number of hydrogen-bond donors (Lipinski definition) is 1. The fourth-order valence-corrected chi connectivity index (χ4v) is 4.23. The van der Waals surface area contributed by atoms with Gasteiger partial charge in [0.15, 0.2) is 5.16 Å². The first-order chi connectivity index (χ1) is 13.6. The van der Waals surface area contributed by atoms with Crippen LogP contribution in [-0.2, 0) is 0 Å². The standard InChI is InChI=1S/C23H20N2O2S/c1-3-28-23-24-20-10-6-7-11-21(20)25(23)16-12-13-17(15(2)14-16)18-8-4-5-9-19(18)22(26)27/h4-14H,3H2,1-2H3,(H,26,27). The summed E-state index contributed by atoms with van der Waals surface area (Å²) in [5.41, 5.74) is 6.06. The number of benzene rings is 3. The Labute approximate surface area is 167 Å². The molecule has 0 aliphatic carbocycles. The Kier molecular flexibility index (Phi) is 4.92. The highest BCUT2D eigenvalue weighted by molar-refractivity contribution is 7.99. The molecule has 4 aromatic rings. The van der Waals surface area contributed by atoms with E-state index in [1.54, 1.807) is 23.9 Å². The van der Waals surface area contributed by atoms with Crippen molar-refractivity contribution in [1.29, 1.82) is 0 Å². The summed E-state index contributed by atoms with van der Waals surface area (Å²) in [7, 11) is 0. The van der Waals surface area contributed by atoms with Gasteiger partial charge in [-0.2, -0.15) is 0 Å². The van der Waals surface area contributed by atoms with Crippen LogP contribution in [-0.4, -0.2) is 26.4 Å². The molecule has 4 rings (SSSR count). The van der Waals surface area contributed by atoms with Crippen molar-refractivity contribution in [2.75, 3.05) is 5.75 Å². The maximum Gasteiger partial charge on any atom is 0.336 e. The van der Waals surface area contributed by atoms with Crippen molar-refractivity contribution < 1.29 is 9.90 Å². The van der Waals surface area contributed by atoms with Crippen molar-refractivity contribution in [1.82, 2.24) is 9.55 Å². The molecule has 0 atom stereocenters. The van der Waals surface area contributed by atoms with Gasteiger partial charge in [-0.25, -0.2) is 9.78 Å². The quantitative estimate of drug-likeness (QED) is 0.438. The molecule has 0 saturated heterocycles. The Morgan fingerprint density at radius 1 is 1.04 bits per heavy atom. The van der Waals surface area contributed by atoms with Crippen LogP contribution in [0.4, 0.5) is 0 Å². The first-order valence-corrected chi connectivity index (χ1v) is 10.1. The maximum atomic E-state index is 11.6. The van der Waals surface area contributed by atoms with E-state index in [1.165, 1.54) is 0 Å². The number of thioether (sulfide) groups is 1. The van der Waals surface area contributed by atoms with Crippen LogP contribution in [0.1, 0.15) is 22.8 Å². The molecule has 5 heteroatoms. The van der Waals surface area contributed by atoms with Crippen molar-refractivity contribution >= 4 is 28.8 Å². The summed E-state index contributed by atoms with van der Waals surface area (Å²) >= 11 is 1.71. The van der Waals surface area contributed by atoms with Crippen molar-refractivity contribution in [3.8, 4) is 16.8 Å². The van der Waals surface area contributed by atoms with E-state index in [4.69, 9.17) is 4.98 Å². The van der Waals surface area contributed by atoms with Gasteiger partial charge < -0.3 is 5.11 Å². The fourth-order valence-electron chi connectivity index (χ4n) is 3.47. The molecule has 3 aromatic carbocycles. The molecule has 28 heavy (non-hydrogen) atoms. The van der Waals surface area contributed by atoms with Gasteiger partial charge in [0.2, 0.25) is 0 Å². The zero-order chi connectivity index (χ0) is 19.7. The SMILES string of the molecule is CCSc1nc2ccccc2n1-c1ccc(-c2ccccc2C(=O)O)c(C)c1. The summed E-state index contributed by atoms with van der Waals surface area (Å²) in [6.45, 7) is 4.13. The van der Waals surface area contributed by atoms with E-state index in [9.17, 15) is 9.90 Å². The van der Waals surface area contributed by atoms with E-state index in [0.717, 1.165) is 44.3 Å². The molecule has 0 amide bonds. The Hall–Kier alpha value is -3.05. The van der Waals surface area contributed by atoms with Crippen molar-refractivity contribution in [2.45, 2.75) is 19.0 Å². The number of aromatic nitrogens is 2. The Bertz CT molecular complexity index is 1180. The van der Waals surface area contributed by atoms with Gasteiger partial charge in [-0.05, 0) is 59.7 Å². The number of carboxylic acids is 1. The molecule has 140 valence electrons. The summed E-state index contributed by atoms with van der Waals surface area (Å²) in [6, 6.07) is 21.4. The first-order valence-electron chi connectivity index (χ1n) is 9.14. The third-order valence-electron chi connectivity index (χ3n) is 4.72. The predicted octanol–water partition coefficient (Wildman–Crippen LogP) is 5.81. The van der Waals surface area contributed by atoms with Gasteiger partial charge >= 0.3 is 5.97 Å². The lowest BCUT2D eigenvalue weighted by Gasteiger charge is -2.14. The molecule has 0 fully saturated rings. The van der Waals surface area contributed by atoms with Crippen LogP contribution in [0.15, 0.2) is 71.9 Å². The molecular formula is C23H20N2O2S. The van der Waals surface area contributed by atoms with E-state index >= 15 is 0 Å². The minimum atomic E-state index is -0.915. The van der Waals surface area contributed by atoms with Gasteiger partial charge in [-0.15, -0.1) is 0 Å². The van der Waals surface area contributed by atoms with E-state index in [-0.39, 0.29) is 0 Å². The number of rotatable bonds is 5. The lowest BCUT2D eigenvalue weighted by Crippen LogP contribution is -2.01. The molecule has 1 N–H and O–H groups in total. The summed E-state index contributed by atoms with van der Waals surface area (Å²) in [5, 5.41) is 10.5. The van der Waals surface area contributed by atoms with E-state index < -0.39 is 5.97 Å². The number of imidazole rings is 1. The molecule has 1 heterocycles. The second kappa shape index (κ2) is 7.52. The summed E-state index contributed by atoms with van der Waals surface area (Å²) < 4.78 is 2.17. The van der Waals surface area contributed by atoms with Crippen LogP contribution in [0.25, 0.3) is 27.8 Å². The number of carbonyl (C=O) groups is 1. The Morgan fingerprint density at radius 2 is 1.79 bits per heavy atom. The van der Waals surface area contributed by atoms with Crippen LogP contribution in [0.3, 0.4) is 0 Å². The van der Waals surface area contributed by atoms with Crippen molar-refractivity contribution in [2.24, 2.45) is 0 Å². The number of aryl methyl sites for hydroxylation is 1. The number of para-hydroxylation sites is 2. The third kappa shape index (κ3) is 3.18. The van der Waals surface area contributed by atoms with Gasteiger partial charge in [0.1, 0.15) is 0 Å². The Morgan fingerprint density at radius 3 is 2.54 bits per heavy atom. The second-order valence-electron chi connectivity index (χ2n) is 6.50. The largest absolute Gasteiger partial charge is 0.478 e. The van der Waals surface area contributed by atoms with E-state index in [2.05, 4.69) is 23.6 Å². The fraction of sp³-hybridized carbons (Fsp3) is 0.130. The van der Waals surface area contributed by atoms with Gasteiger partial charge in [0, 0.05) is 5.69 Å². The molecule has 0 aliphatic heterocycles. The smallest absolute Gasteiger partial charge is 0.336 e. The maximum absolute atomic E-state index is 11.6. The van der Waals surface area contributed by atoms with E-state index in [0.29, 0.717) is 5.56 Å². The zero-order valence-electron chi connectivity index (χ0n) is 15.7. The van der Waals surface area contributed by atoms with Gasteiger partial charge in [-0.3, -0.25) is 4.57 Å². The molecule has 1 aromatic heterocycles. The topological polar surface area (TPSA) is 55.1 Å². The summed E-state index contributed by atoms with van der Waals surface area (Å²) in [6.07, 6.45) is 0. The number of nitrogens with zero attached hydrogens (tertiary/aromatic N) is 2. The molecule has 0 spiro atoms. The van der Waals surface area contributed by atoms with Crippen LogP contribution in [0, 0.1) is 6.92 Å². The number of hydrogen-bond acceptors (Lipinski definition) is 3. The molecule has 0 saturated carbocycles. The molecule has 0 unspecified atom stereocenters. The minimum Gasteiger partial charge on any atom is -0.478 e. The first kappa shape index (κ1) is 18.3. The average Bonchev–Trinajstić information content (AvgIpc) is 3.06. The zero-order valence-corrected chi connectivity index (χ0v) is 16.5. The molecule has 0 aliphatic rings. The highest BCUT2D eigenvalue weighted by atomic mass is 32.2. The highest BCUT2D eigenvalue weighted by Gasteiger charge is 2.16. The third-order valence-corrected chi connectivity index (χ3v) is 5.54. The summed E-state index contributed by atoms with van der Waals surface area (Å²) in [5.74, 6) is 0.0214. The van der Waals surface area contributed by atoms with Crippen molar-refractivity contribution in [3.63, 3.8) is 0 Å². The number of aromatic carboxylic acids is 1. The number of fused-ring (bicyclic) bond motifs is 1. The average molecular weight is 388 g/mol. The summed E-state index contributed by atoms with van der Waals surface area (Å²) in [4.78, 5) is 16.4. The lowest BCUT2D eigenvalue weighted by atomic mass is 9.95. The van der Waals surface area contributed by atoms with Crippen LogP contribution in [0.5, 0.6) is 0 Å². The van der Waals surface area contributed by atoms with Gasteiger partial charge in [-0.1, -0.05) is 55.1 Å². The normalized spacial score (nSPS) is 11.1. The predicted molar refractivity (Wildman–Crippen MR) is 115 cm³/mol. The van der Waals surface area contributed by atoms with E-state index in [1.807, 2.05) is 49.4 Å². The molecule has 4 nitrogen and oxygen atoms in total.